The maximum atomic E-state index is 14.3. The third-order valence-electron chi connectivity index (χ3n) is 10.4. The Morgan fingerprint density at radius 2 is 1.88 bits per heavy atom. The van der Waals surface area contributed by atoms with E-state index in [4.69, 9.17) is 5.10 Å². The smallest absolute Gasteiger partial charge is 0.321 e. The van der Waals surface area contributed by atoms with E-state index in [0.29, 0.717) is 0 Å². The minimum Gasteiger partial charge on any atom is -0.480 e. The largest absolute Gasteiger partial charge is 0.480 e. The van der Waals surface area contributed by atoms with Gasteiger partial charge < -0.3 is 10.0 Å². The Kier molecular flexibility index (Phi) is 8.40. The number of nitrogens with zero attached hydrogens (tertiary/aromatic N) is 4. The summed E-state index contributed by atoms with van der Waals surface area (Å²) in [4.78, 5) is 16.7. The van der Waals surface area contributed by atoms with E-state index in [9.17, 15) is 18.7 Å². The molecule has 220 valence electrons. The highest BCUT2D eigenvalue weighted by Gasteiger charge is 2.47. The molecule has 1 aromatic carbocycles. The van der Waals surface area contributed by atoms with Crippen LogP contribution in [-0.2, 0) is 29.6 Å². The number of aryl methyl sites for hydroxylation is 2. The number of likely N-dealkylation sites (N-methyl/N-ethyl adjacent to an activating group) is 1. The molecule has 2 heterocycles. The molecule has 5 rings (SSSR count). The van der Waals surface area contributed by atoms with Crippen molar-refractivity contribution in [3.8, 4) is 0 Å². The molecule has 0 amide bonds. The summed E-state index contributed by atoms with van der Waals surface area (Å²) >= 11 is 0. The monoisotopic (exact) mass is 556 g/mol. The number of halogens is 2. The predicted molar refractivity (Wildman–Crippen MR) is 153 cm³/mol. The number of likely N-dealkylation sites (tertiary alicyclic amines) is 1. The summed E-state index contributed by atoms with van der Waals surface area (Å²) < 4.78 is 30.4. The van der Waals surface area contributed by atoms with Gasteiger partial charge in [-0.2, -0.15) is 5.10 Å². The second-order valence-electron chi connectivity index (χ2n) is 12.9. The predicted octanol–water partition coefficient (Wildman–Crippen LogP) is 5.63. The summed E-state index contributed by atoms with van der Waals surface area (Å²) in [6.45, 7) is 12.1. The highest BCUT2D eigenvalue weighted by atomic mass is 19.2. The van der Waals surface area contributed by atoms with E-state index in [2.05, 4.69) is 23.4 Å². The molecule has 1 saturated carbocycles. The lowest BCUT2D eigenvalue weighted by molar-refractivity contribution is -0.145. The first-order valence-electron chi connectivity index (χ1n) is 15.3. The molecule has 1 saturated heterocycles. The number of benzene rings is 1. The van der Waals surface area contributed by atoms with Gasteiger partial charge in [0.25, 0.3) is 0 Å². The number of piperidine rings is 1. The van der Waals surface area contributed by atoms with Crippen molar-refractivity contribution in [2.75, 3.05) is 26.7 Å². The van der Waals surface area contributed by atoms with Gasteiger partial charge in [-0.1, -0.05) is 26.8 Å². The molecule has 4 atom stereocenters. The van der Waals surface area contributed by atoms with Gasteiger partial charge in [-0.3, -0.25) is 14.4 Å². The van der Waals surface area contributed by atoms with E-state index in [1.54, 1.807) is 6.07 Å². The summed E-state index contributed by atoms with van der Waals surface area (Å²) in [5.74, 6) is -2.16. The zero-order chi connectivity index (χ0) is 28.8. The van der Waals surface area contributed by atoms with Crippen LogP contribution in [0.25, 0.3) is 0 Å². The first-order chi connectivity index (χ1) is 19.1. The van der Waals surface area contributed by atoms with Gasteiger partial charge in [-0.05, 0) is 113 Å². The molecule has 3 aliphatic rings. The van der Waals surface area contributed by atoms with E-state index in [0.717, 1.165) is 70.3 Å². The van der Waals surface area contributed by atoms with Gasteiger partial charge >= 0.3 is 5.97 Å². The molecular weight excluding hydrogens is 510 g/mol. The summed E-state index contributed by atoms with van der Waals surface area (Å²) in [5, 5.41) is 14.9. The van der Waals surface area contributed by atoms with Crippen LogP contribution in [0.5, 0.6) is 0 Å². The zero-order valence-corrected chi connectivity index (χ0v) is 24.8. The van der Waals surface area contributed by atoms with E-state index in [1.165, 1.54) is 35.5 Å². The Morgan fingerprint density at radius 1 is 1.15 bits per heavy atom. The number of hydrogen-bond donors (Lipinski definition) is 1. The van der Waals surface area contributed by atoms with Crippen LogP contribution in [0, 0.1) is 23.5 Å². The van der Waals surface area contributed by atoms with Gasteiger partial charge in [0.15, 0.2) is 11.6 Å². The van der Waals surface area contributed by atoms with Crippen molar-refractivity contribution in [3.63, 3.8) is 0 Å². The highest BCUT2D eigenvalue weighted by molar-refractivity contribution is 5.73. The SMILES string of the molecule is CCc1nn(CC)c2c1CCC21CCN(C[C@H]2C[C@H](N(C)[C@@H](C(=O)O)C(C)C)C[C@@H]2c2ccc(F)c(F)c2)CC1. The van der Waals surface area contributed by atoms with Crippen molar-refractivity contribution in [2.45, 2.75) is 103 Å². The normalized spacial score (nSPS) is 25.3. The Labute approximate surface area is 237 Å². The third-order valence-corrected chi connectivity index (χ3v) is 10.4. The van der Waals surface area contributed by atoms with Gasteiger partial charge in [0, 0.05) is 30.2 Å². The Morgan fingerprint density at radius 3 is 2.48 bits per heavy atom. The molecule has 6 nitrogen and oxygen atoms in total. The maximum Gasteiger partial charge on any atom is 0.321 e. The lowest BCUT2D eigenvalue weighted by Gasteiger charge is -2.41. The molecule has 1 spiro atoms. The lowest BCUT2D eigenvalue weighted by Crippen LogP contribution is -2.47. The van der Waals surface area contributed by atoms with Crippen LogP contribution < -0.4 is 0 Å². The zero-order valence-electron chi connectivity index (χ0n) is 24.8. The standard InChI is InChI=1S/C32H46F2N4O2/c1-6-28-24-10-11-32(30(24)38(7-2)35-28)12-14-37(15-13-32)19-22-16-23(36(5)29(20(3)4)31(39)40)18-25(22)21-8-9-26(33)27(34)17-21/h8-9,17,20,22-23,25,29H,6-7,10-16,18-19H2,1-5H3,(H,39,40)/t22-,23+,25-,29-/m1/s1. The fourth-order valence-corrected chi connectivity index (χ4v) is 8.32. The van der Waals surface area contributed by atoms with Crippen LogP contribution in [-0.4, -0.2) is 69.4 Å². The van der Waals surface area contributed by atoms with Gasteiger partial charge in [-0.15, -0.1) is 0 Å². The molecule has 2 aromatic rings. The molecule has 8 heteroatoms. The minimum absolute atomic E-state index is 0.0253. The summed E-state index contributed by atoms with van der Waals surface area (Å²) in [6, 6.07) is 3.81. The topological polar surface area (TPSA) is 61.6 Å². The first-order valence-corrected chi connectivity index (χ1v) is 15.3. The fourth-order valence-electron chi connectivity index (χ4n) is 8.32. The van der Waals surface area contributed by atoms with Crippen molar-refractivity contribution < 1.29 is 18.7 Å². The molecule has 1 N–H and O–H groups in total. The van der Waals surface area contributed by atoms with Crippen LogP contribution in [0.15, 0.2) is 18.2 Å². The van der Waals surface area contributed by atoms with Crippen molar-refractivity contribution in [3.05, 3.63) is 52.3 Å². The van der Waals surface area contributed by atoms with Gasteiger partial charge in [0.2, 0.25) is 0 Å². The van der Waals surface area contributed by atoms with E-state index in [1.807, 2.05) is 25.8 Å². The minimum atomic E-state index is -0.826. The number of carboxylic acid groups (broad SMARTS) is 1. The molecular formula is C32H46F2N4O2. The fraction of sp³-hybridized carbons (Fsp3) is 0.688. The second kappa shape index (κ2) is 11.5. The number of aromatic nitrogens is 2. The molecule has 2 aliphatic carbocycles. The molecule has 1 aromatic heterocycles. The number of hydrogen-bond acceptors (Lipinski definition) is 4. The van der Waals surface area contributed by atoms with Crippen LogP contribution in [0.3, 0.4) is 0 Å². The average Bonchev–Trinajstić information content (AvgIpc) is 3.61. The Hall–Kier alpha value is -2.32. The van der Waals surface area contributed by atoms with E-state index in [-0.39, 0.29) is 29.2 Å². The summed E-state index contributed by atoms with van der Waals surface area (Å²) in [5.41, 5.74) is 5.29. The van der Waals surface area contributed by atoms with Crippen molar-refractivity contribution in [1.29, 1.82) is 0 Å². The van der Waals surface area contributed by atoms with Crippen LogP contribution in [0.2, 0.25) is 0 Å². The van der Waals surface area contributed by atoms with Crippen LogP contribution >= 0.6 is 0 Å². The highest BCUT2D eigenvalue weighted by Crippen LogP contribution is 2.49. The lowest BCUT2D eigenvalue weighted by atomic mass is 9.75. The summed E-state index contributed by atoms with van der Waals surface area (Å²) in [6.07, 6.45) is 7.17. The second-order valence-corrected chi connectivity index (χ2v) is 12.9. The molecule has 2 fully saturated rings. The average molecular weight is 557 g/mol. The number of carboxylic acids is 1. The van der Waals surface area contributed by atoms with Crippen molar-refractivity contribution in [2.24, 2.45) is 11.8 Å². The van der Waals surface area contributed by atoms with Crippen LogP contribution in [0.1, 0.15) is 88.2 Å². The number of carbonyl (C=O) groups is 1. The Bertz CT molecular complexity index is 1220. The summed E-state index contributed by atoms with van der Waals surface area (Å²) in [7, 11) is 1.91. The number of fused-ring (bicyclic) bond motifs is 2. The molecule has 0 unspecified atom stereocenters. The number of aliphatic carboxylic acids is 1. The van der Waals surface area contributed by atoms with E-state index >= 15 is 0 Å². The molecule has 40 heavy (non-hydrogen) atoms. The van der Waals surface area contributed by atoms with E-state index < -0.39 is 23.6 Å². The molecule has 0 bridgehead atoms. The van der Waals surface area contributed by atoms with Crippen molar-refractivity contribution >= 4 is 5.97 Å². The van der Waals surface area contributed by atoms with Gasteiger partial charge in [0.05, 0.1) is 5.69 Å². The van der Waals surface area contributed by atoms with Crippen LogP contribution in [0.4, 0.5) is 8.78 Å². The van der Waals surface area contributed by atoms with Gasteiger partial charge in [0.1, 0.15) is 6.04 Å². The van der Waals surface area contributed by atoms with Gasteiger partial charge in [-0.25, -0.2) is 8.78 Å². The molecule has 1 aliphatic heterocycles. The van der Waals surface area contributed by atoms with Crippen molar-refractivity contribution in [1.82, 2.24) is 19.6 Å². The molecule has 0 radical (unpaired) electrons. The first kappa shape index (κ1) is 29.2. The third kappa shape index (κ3) is 5.22. The Balaban J connectivity index is 1.33. The number of rotatable bonds is 9. The maximum absolute atomic E-state index is 14.3. The quantitative estimate of drug-likeness (QED) is 0.434.